The lowest BCUT2D eigenvalue weighted by Crippen LogP contribution is -2.35. The van der Waals surface area contributed by atoms with Crippen molar-refractivity contribution in [2.45, 2.75) is 26.4 Å². The van der Waals surface area contributed by atoms with Gasteiger partial charge in [0.1, 0.15) is 10.6 Å². The van der Waals surface area contributed by atoms with Gasteiger partial charge in [-0.05, 0) is 51.1 Å². The summed E-state index contributed by atoms with van der Waals surface area (Å²) < 4.78 is 21.0. The number of halogens is 1. The molecule has 0 spiro atoms. The molecule has 32 heavy (non-hydrogen) atoms. The third-order valence-corrected chi connectivity index (χ3v) is 5.44. The minimum atomic E-state index is -0.649. The Bertz CT molecular complexity index is 1300. The smallest absolute Gasteiger partial charge is 0.416 e. The Hall–Kier alpha value is -3.66. The van der Waals surface area contributed by atoms with Gasteiger partial charge in [0.25, 0.3) is 0 Å². The maximum atomic E-state index is 14.8. The van der Waals surface area contributed by atoms with Gasteiger partial charge in [0.05, 0.1) is 21.5 Å². The highest BCUT2D eigenvalue weighted by molar-refractivity contribution is 7.21. The molecule has 0 bridgehead atoms. The van der Waals surface area contributed by atoms with E-state index in [1.807, 2.05) is 6.07 Å². The summed E-state index contributed by atoms with van der Waals surface area (Å²) >= 11 is 1.35. The molecule has 0 fully saturated rings. The molecule has 0 saturated heterocycles. The van der Waals surface area contributed by atoms with Crippen LogP contribution in [0.3, 0.4) is 0 Å². The van der Waals surface area contributed by atoms with E-state index in [4.69, 9.17) is 10.5 Å². The summed E-state index contributed by atoms with van der Waals surface area (Å²) in [5.74, 6) is -0.488. The highest BCUT2D eigenvalue weighted by Gasteiger charge is 2.22. The van der Waals surface area contributed by atoms with Crippen molar-refractivity contribution in [2.24, 2.45) is 0 Å². The van der Waals surface area contributed by atoms with Crippen LogP contribution < -0.4 is 10.6 Å². The van der Waals surface area contributed by atoms with E-state index < -0.39 is 17.6 Å². The van der Waals surface area contributed by atoms with Crippen molar-refractivity contribution in [1.82, 2.24) is 19.9 Å². The zero-order valence-electron chi connectivity index (χ0n) is 18.0. The lowest BCUT2D eigenvalue weighted by Gasteiger charge is -2.23. The van der Waals surface area contributed by atoms with Crippen LogP contribution in [0.1, 0.15) is 20.8 Å². The molecule has 0 atom stereocenters. The predicted octanol–water partition coefficient (Wildman–Crippen LogP) is 4.91. The van der Waals surface area contributed by atoms with Gasteiger partial charge >= 0.3 is 6.09 Å². The number of rotatable bonds is 3. The molecule has 0 aliphatic heterocycles. The zero-order valence-corrected chi connectivity index (χ0v) is 18.8. The maximum Gasteiger partial charge on any atom is 0.416 e. The van der Waals surface area contributed by atoms with Crippen molar-refractivity contribution in [3.05, 3.63) is 48.7 Å². The van der Waals surface area contributed by atoms with Crippen molar-refractivity contribution in [3.8, 4) is 21.8 Å². The number of anilines is 2. The van der Waals surface area contributed by atoms with Gasteiger partial charge in [0, 0.05) is 30.7 Å². The highest BCUT2D eigenvalue weighted by atomic mass is 32.1. The lowest BCUT2D eigenvalue weighted by atomic mass is 10.2. The standard InChI is InChI=1S/C22H21FN6O2S/c1-22(2,3)31-21(30)29(4)20-25-10-12(11-26-20)15-8-6-14(18(23)27-15)19-28-16-7-5-13(24)9-17(16)32-19/h5-11H,24H2,1-4H3. The molecule has 164 valence electrons. The number of carbonyl (C=O) groups excluding carboxylic acids is 1. The van der Waals surface area contributed by atoms with Crippen molar-refractivity contribution < 1.29 is 13.9 Å². The van der Waals surface area contributed by atoms with Crippen molar-refractivity contribution >= 4 is 39.3 Å². The number of fused-ring (bicyclic) bond motifs is 1. The minimum absolute atomic E-state index is 0.161. The first kappa shape index (κ1) is 21.6. The molecular formula is C22H21FN6O2S. The molecule has 3 heterocycles. The van der Waals surface area contributed by atoms with Crippen LogP contribution >= 0.6 is 11.3 Å². The second-order valence-electron chi connectivity index (χ2n) is 8.09. The van der Waals surface area contributed by atoms with Gasteiger partial charge in [-0.2, -0.15) is 4.39 Å². The van der Waals surface area contributed by atoms with Crippen molar-refractivity contribution in [3.63, 3.8) is 0 Å². The number of hydrogen-bond donors (Lipinski definition) is 1. The Morgan fingerprint density at radius 3 is 2.50 bits per heavy atom. The number of amides is 1. The topological polar surface area (TPSA) is 107 Å². The van der Waals surface area contributed by atoms with E-state index in [1.165, 1.54) is 35.7 Å². The van der Waals surface area contributed by atoms with Crippen molar-refractivity contribution in [2.75, 3.05) is 17.7 Å². The summed E-state index contributed by atoms with van der Waals surface area (Å²) in [6.07, 6.45) is 2.38. The van der Waals surface area contributed by atoms with Gasteiger partial charge in [-0.25, -0.2) is 29.6 Å². The average Bonchev–Trinajstić information content (AvgIpc) is 3.14. The lowest BCUT2D eigenvalue weighted by molar-refractivity contribution is 0.0587. The molecule has 10 heteroatoms. The molecule has 0 aliphatic rings. The molecule has 0 saturated carbocycles. The third kappa shape index (κ3) is 4.50. The quantitative estimate of drug-likeness (QED) is 0.348. The van der Waals surface area contributed by atoms with E-state index >= 15 is 0 Å². The number of thiazole rings is 1. The van der Waals surface area contributed by atoms with Crippen LogP contribution in [0.15, 0.2) is 42.7 Å². The summed E-state index contributed by atoms with van der Waals surface area (Å²) in [5.41, 5.74) is 7.73. The fourth-order valence-electron chi connectivity index (χ4n) is 2.85. The molecular weight excluding hydrogens is 431 g/mol. The number of pyridine rings is 1. The monoisotopic (exact) mass is 452 g/mol. The number of hydrogen-bond acceptors (Lipinski definition) is 8. The van der Waals surface area contributed by atoms with Crippen LogP contribution in [0, 0.1) is 5.95 Å². The van der Waals surface area contributed by atoms with Crippen LogP contribution in [0.25, 0.3) is 32.0 Å². The molecule has 8 nitrogen and oxygen atoms in total. The van der Waals surface area contributed by atoms with Crippen molar-refractivity contribution in [1.29, 1.82) is 0 Å². The second kappa shape index (κ2) is 8.12. The van der Waals surface area contributed by atoms with Crippen LogP contribution in [0.5, 0.6) is 0 Å². The van der Waals surface area contributed by atoms with Crippen LogP contribution in [0.2, 0.25) is 0 Å². The van der Waals surface area contributed by atoms with Gasteiger partial charge in [0.2, 0.25) is 11.9 Å². The fraction of sp³-hybridized carbons (Fsp3) is 0.227. The summed E-state index contributed by atoms with van der Waals surface area (Å²) in [6, 6.07) is 8.67. The van der Waals surface area contributed by atoms with E-state index in [2.05, 4.69) is 19.9 Å². The van der Waals surface area contributed by atoms with Gasteiger partial charge in [0.15, 0.2) is 0 Å². The Kier molecular flexibility index (Phi) is 5.47. The molecule has 2 N–H and O–H groups in total. The number of aromatic nitrogens is 4. The van der Waals surface area contributed by atoms with Crippen LogP contribution in [0.4, 0.5) is 20.8 Å². The molecule has 0 aliphatic carbocycles. The van der Waals surface area contributed by atoms with Crippen LogP contribution in [-0.2, 0) is 4.74 Å². The fourth-order valence-corrected chi connectivity index (χ4v) is 3.88. The van der Waals surface area contributed by atoms with E-state index in [0.717, 1.165) is 10.2 Å². The Morgan fingerprint density at radius 1 is 1.12 bits per heavy atom. The SMILES string of the molecule is CN(C(=O)OC(C)(C)C)c1ncc(-c2ccc(-c3nc4ccc(N)cc4s3)c(F)n2)cn1. The minimum Gasteiger partial charge on any atom is -0.443 e. The number of nitrogen functional groups attached to an aromatic ring is 1. The molecule has 3 aromatic heterocycles. The number of carbonyl (C=O) groups is 1. The summed E-state index contributed by atoms with van der Waals surface area (Å²) in [7, 11) is 1.52. The van der Waals surface area contributed by atoms with Crippen LogP contribution in [-0.4, -0.2) is 38.7 Å². The Labute approximate surface area is 187 Å². The highest BCUT2D eigenvalue weighted by Crippen LogP contribution is 2.33. The number of nitrogens with zero attached hydrogens (tertiary/aromatic N) is 5. The molecule has 1 amide bonds. The molecule has 0 unspecified atom stereocenters. The largest absolute Gasteiger partial charge is 0.443 e. The van der Waals surface area contributed by atoms with Gasteiger partial charge in [-0.3, -0.25) is 0 Å². The molecule has 0 radical (unpaired) electrons. The first-order valence-corrected chi connectivity index (χ1v) is 10.5. The second-order valence-corrected chi connectivity index (χ2v) is 9.12. The number of benzene rings is 1. The Balaban J connectivity index is 1.56. The Morgan fingerprint density at radius 2 is 1.84 bits per heavy atom. The number of nitrogens with two attached hydrogens (primary N) is 1. The van der Waals surface area contributed by atoms with Gasteiger partial charge in [-0.1, -0.05) is 0 Å². The number of ether oxygens (including phenoxy) is 1. The first-order valence-electron chi connectivity index (χ1n) is 9.73. The van der Waals surface area contributed by atoms with E-state index in [0.29, 0.717) is 27.5 Å². The maximum absolute atomic E-state index is 14.8. The summed E-state index contributed by atoms with van der Waals surface area (Å²) in [6.45, 7) is 5.32. The summed E-state index contributed by atoms with van der Waals surface area (Å²) in [5, 5.41) is 0.521. The predicted molar refractivity (Wildman–Crippen MR) is 123 cm³/mol. The zero-order chi connectivity index (χ0) is 23.0. The average molecular weight is 453 g/mol. The molecule has 4 rings (SSSR count). The van der Waals surface area contributed by atoms with E-state index in [1.54, 1.807) is 45.0 Å². The third-order valence-electron chi connectivity index (χ3n) is 4.39. The summed E-state index contributed by atoms with van der Waals surface area (Å²) in [4.78, 5) is 30.3. The van der Waals surface area contributed by atoms with E-state index in [9.17, 15) is 9.18 Å². The first-order chi connectivity index (χ1) is 15.1. The molecule has 4 aromatic rings. The van der Waals surface area contributed by atoms with Gasteiger partial charge in [-0.15, -0.1) is 11.3 Å². The van der Waals surface area contributed by atoms with Gasteiger partial charge < -0.3 is 10.5 Å². The molecule has 1 aromatic carbocycles. The van der Waals surface area contributed by atoms with E-state index in [-0.39, 0.29) is 5.95 Å². The normalized spacial score (nSPS) is 11.5.